The van der Waals surface area contributed by atoms with Gasteiger partial charge in [-0.3, -0.25) is 0 Å². The van der Waals surface area contributed by atoms with Gasteiger partial charge < -0.3 is 5.32 Å². The molecule has 0 aliphatic carbocycles. The number of nitrogens with one attached hydrogen (secondary N) is 1. The SMILES string of the molecule is CNC(=S)c1ccccc1Cl. The Kier molecular flexibility index (Phi) is 2.85. The maximum absolute atomic E-state index is 5.87. The van der Waals surface area contributed by atoms with Gasteiger partial charge >= 0.3 is 0 Å². The highest BCUT2D eigenvalue weighted by molar-refractivity contribution is 7.80. The highest BCUT2D eigenvalue weighted by Gasteiger charge is 2.01. The lowest BCUT2D eigenvalue weighted by molar-refractivity contribution is 1.20. The van der Waals surface area contributed by atoms with Gasteiger partial charge in [-0.1, -0.05) is 42.0 Å². The smallest absolute Gasteiger partial charge is 0.107 e. The molecule has 0 saturated carbocycles. The average Bonchev–Trinajstić information content (AvgIpc) is 2.04. The Hall–Kier alpha value is -0.600. The largest absolute Gasteiger partial charge is 0.379 e. The quantitative estimate of drug-likeness (QED) is 0.674. The Morgan fingerprint density at radius 3 is 2.64 bits per heavy atom. The maximum atomic E-state index is 5.87. The maximum Gasteiger partial charge on any atom is 0.107 e. The molecule has 0 radical (unpaired) electrons. The summed E-state index contributed by atoms with van der Waals surface area (Å²) in [6, 6.07) is 7.50. The summed E-state index contributed by atoms with van der Waals surface area (Å²) >= 11 is 10.9. The van der Waals surface area contributed by atoms with Crippen LogP contribution in [0, 0.1) is 0 Å². The number of rotatable bonds is 1. The molecule has 58 valence electrons. The van der Waals surface area contributed by atoms with Gasteiger partial charge in [0, 0.05) is 12.6 Å². The monoisotopic (exact) mass is 185 g/mol. The van der Waals surface area contributed by atoms with Crippen molar-refractivity contribution in [1.82, 2.24) is 5.32 Å². The molecule has 0 atom stereocenters. The lowest BCUT2D eigenvalue weighted by Crippen LogP contribution is -2.16. The summed E-state index contributed by atoms with van der Waals surface area (Å²) in [5.74, 6) is 0. The van der Waals surface area contributed by atoms with E-state index < -0.39 is 0 Å². The van der Waals surface area contributed by atoms with Crippen LogP contribution in [0.4, 0.5) is 0 Å². The van der Waals surface area contributed by atoms with Crippen LogP contribution in [0.2, 0.25) is 5.02 Å². The van der Waals surface area contributed by atoms with Gasteiger partial charge in [0.1, 0.15) is 4.99 Å². The molecule has 11 heavy (non-hydrogen) atoms. The van der Waals surface area contributed by atoms with Crippen LogP contribution < -0.4 is 5.32 Å². The second-order valence-corrected chi connectivity index (χ2v) is 2.87. The minimum Gasteiger partial charge on any atom is -0.379 e. The van der Waals surface area contributed by atoms with Crippen molar-refractivity contribution in [1.29, 1.82) is 0 Å². The topological polar surface area (TPSA) is 12.0 Å². The Balaban J connectivity index is 3.03. The summed E-state index contributed by atoms with van der Waals surface area (Å²) in [6.07, 6.45) is 0. The third kappa shape index (κ3) is 1.91. The normalized spacial score (nSPS) is 9.27. The van der Waals surface area contributed by atoms with E-state index in [0.29, 0.717) is 10.0 Å². The Morgan fingerprint density at radius 1 is 1.45 bits per heavy atom. The fourth-order valence-electron chi connectivity index (χ4n) is 0.780. The van der Waals surface area contributed by atoms with Crippen molar-refractivity contribution in [2.24, 2.45) is 0 Å². The number of thiocarbonyl (C=S) groups is 1. The van der Waals surface area contributed by atoms with E-state index in [-0.39, 0.29) is 0 Å². The van der Waals surface area contributed by atoms with Crippen LogP contribution in [0.5, 0.6) is 0 Å². The number of hydrogen-bond acceptors (Lipinski definition) is 1. The molecular weight excluding hydrogens is 178 g/mol. The molecule has 0 amide bonds. The molecule has 0 heterocycles. The van der Waals surface area contributed by atoms with E-state index in [2.05, 4.69) is 5.32 Å². The lowest BCUT2D eigenvalue weighted by atomic mass is 10.2. The number of halogens is 1. The number of benzene rings is 1. The molecule has 0 aliphatic heterocycles. The summed E-state index contributed by atoms with van der Waals surface area (Å²) < 4.78 is 0. The molecule has 1 N–H and O–H groups in total. The van der Waals surface area contributed by atoms with Gasteiger partial charge in [0.05, 0.1) is 5.02 Å². The molecule has 0 bridgehead atoms. The zero-order valence-corrected chi connectivity index (χ0v) is 7.67. The van der Waals surface area contributed by atoms with Crippen molar-refractivity contribution in [3.05, 3.63) is 34.9 Å². The molecule has 1 nitrogen and oxygen atoms in total. The minimum absolute atomic E-state index is 0.676. The third-order valence-electron chi connectivity index (χ3n) is 1.35. The molecule has 3 heteroatoms. The fraction of sp³-hybridized carbons (Fsp3) is 0.125. The molecule has 1 rings (SSSR count). The zero-order valence-electron chi connectivity index (χ0n) is 6.10. The van der Waals surface area contributed by atoms with Gasteiger partial charge in [0.15, 0.2) is 0 Å². The lowest BCUT2D eigenvalue weighted by Gasteiger charge is -2.03. The second kappa shape index (κ2) is 3.69. The molecule has 0 aromatic heterocycles. The van der Waals surface area contributed by atoms with Crippen molar-refractivity contribution in [3.8, 4) is 0 Å². The summed E-state index contributed by atoms with van der Waals surface area (Å²) in [7, 11) is 1.78. The second-order valence-electron chi connectivity index (χ2n) is 2.06. The summed E-state index contributed by atoms with van der Waals surface area (Å²) in [5.41, 5.74) is 0.881. The van der Waals surface area contributed by atoms with Crippen molar-refractivity contribution in [2.75, 3.05) is 7.05 Å². The van der Waals surface area contributed by atoms with Gasteiger partial charge in [-0.25, -0.2) is 0 Å². The highest BCUT2D eigenvalue weighted by Crippen LogP contribution is 2.14. The molecular formula is C8H8ClNS. The van der Waals surface area contributed by atoms with Crippen molar-refractivity contribution in [2.45, 2.75) is 0 Å². The van der Waals surface area contributed by atoms with Crippen LogP contribution in [0.3, 0.4) is 0 Å². The number of hydrogen-bond donors (Lipinski definition) is 1. The van der Waals surface area contributed by atoms with Crippen molar-refractivity contribution in [3.63, 3.8) is 0 Å². The van der Waals surface area contributed by atoms with Gasteiger partial charge in [-0.05, 0) is 6.07 Å². The highest BCUT2D eigenvalue weighted by atomic mass is 35.5. The van der Waals surface area contributed by atoms with E-state index in [4.69, 9.17) is 23.8 Å². The predicted octanol–water partition coefficient (Wildman–Crippen LogP) is 2.23. The average molecular weight is 186 g/mol. The van der Waals surface area contributed by atoms with E-state index in [9.17, 15) is 0 Å². The van der Waals surface area contributed by atoms with Gasteiger partial charge in [-0.15, -0.1) is 0 Å². The summed E-state index contributed by atoms with van der Waals surface area (Å²) in [6.45, 7) is 0. The van der Waals surface area contributed by atoms with Gasteiger partial charge in [0.25, 0.3) is 0 Å². The van der Waals surface area contributed by atoms with Gasteiger partial charge in [-0.2, -0.15) is 0 Å². The van der Waals surface area contributed by atoms with E-state index in [0.717, 1.165) is 5.56 Å². The third-order valence-corrected chi connectivity index (χ3v) is 2.10. The Labute approximate surface area is 76.4 Å². The Morgan fingerprint density at radius 2 is 2.09 bits per heavy atom. The molecule has 0 saturated heterocycles. The standard InChI is InChI=1S/C8H8ClNS/c1-10-8(11)6-4-2-3-5-7(6)9/h2-5H,1H3,(H,10,11). The van der Waals surface area contributed by atoms with E-state index in [1.807, 2.05) is 24.3 Å². The van der Waals surface area contributed by atoms with E-state index in [1.165, 1.54) is 0 Å². The summed E-state index contributed by atoms with van der Waals surface area (Å²) in [5, 5.41) is 3.56. The van der Waals surface area contributed by atoms with Crippen molar-refractivity contribution >= 4 is 28.8 Å². The molecule has 0 fully saturated rings. The molecule has 1 aromatic rings. The van der Waals surface area contributed by atoms with E-state index in [1.54, 1.807) is 7.05 Å². The molecule has 0 spiro atoms. The van der Waals surface area contributed by atoms with Crippen LogP contribution in [0.15, 0.2) is 24.3 Å². The van der Waals surface area contributed by atoms with E-state index >= 15 is 0 Å². The molecule has 0 unspecified atom stereocenters. The first-order valence-electron chi connectivity index (χ1n) is 3.22. The molecule has 0 aliphatic rings. The van der Waals surface area contributed by atoms with Crippen LogP contribution in [-0.4, -0.2) is 12.0 Å². The van der Waals surface area contributed by atoms with Crippen LogP contribution >= 0.6 is 23.8 Å². The fourth-order valence-corrected chi connectivity index (χ4v) is 1.24. The first-order chi connectivity index (χ1) is 5.25. The first-order valence-corrected chi connectivity index (χ1v) is 4.01. The zero-order chi connectivity index (χ0) is 8.27. The summed E-state index contributed by atoms with van der Waals surface area (Å²) in [4.78, 5) is 0.676. The molecule has 1 aromatic carbocycles. The Bertz CT molecular complexity index is 273. The van der Waals surface area contributed by atoms with Crippen LogP contribution in [-0.2, 0) is 0 Å². The van der Waals surface area contributed by atoms with Gasteiger partial charge in [0.2, 0.25) is 0 Å². The minimum atomic E-state index is 0.676. The predicted molar refractivity (Wildman–Crippen MR) is 52.2 cm³/mol. The van der Waals surface area contributed by atoms with Crippen molar-refractivity contribution < 1.29 is 0 Å². The first kappa shape index (κ1) is 8.50. The van der Waals surface area contributed by atoms with Crippen LogP contribution in [0.25, 0.3) is 0 Å². The van der Waals surface area contributed by atoms with Crippen LogP contribution in [0.1, 0.15) is 5.56 Å².